The van der Waals surface area contributed by atoms with Gasteiger partial charge in [0.15, 0.2) is 0 Å². The van der Waals surface area contributed by atoms with Crippen LogP contribution in [0, 0.1) is 11.8 Å². The third kappa shape index (κ3) is 2.70. The van der Waals surface area contributed by atoms with Gasteiger partial charge in [-0.15, -0.1) is 0 Å². The Bertz CT molecular complexity index is 1090. The second kappa shape index (κ2) is 6.53. The fourth-order valence-corrected chi connectivity index (χ4v) is 5.92. The van der Waals surface area contributed by atoms with Gasteiger partial charge in [0.05, 0.1) is 24.6 Å². The Labute approximate surface area is 176 Å². The van der Waals surface area contributed by atoms with Gasteiger partial charge in [-0.1, -0.05) is 24.3 Å². The van der Waals surface area contributed by atoms with Crippen molar-refractivity contribution < 1.29 is 4.74 Å². The number of fused-ring (bicyclic) bond motifs is 3. The minimum absolute atomic E-state index is 0.248. The van der Waals surface area contributed by atoms with Gasteiger partial charge in [0.2, 0.25) is 0 Å². The molecule has 2 aliphatic carbocycles. The molecule has 0 spiro atoms. The molecule has 4 heterocycles. The van der Waals surface area contributed by atoms with Crippen LogP contribution in [0.5, 0.6) is 0 Å². The lowest BCUT2D eigenvalue weighted by Crippen LogP contribution is -2.40. The number of benzene rings is 1. The second-order valence-electron chi connectivity index (χ2n) is 9.59. The zero-order valence-electron chi connectivity index (χ0n) is 17.1. The van der Waals surface area contributed by atoms with Gasteiger partial charge in [0, 0.05) is 36.7 Å². The van der Waals surface area contributed by atoms with E-state index in [2.05, 4.69) is 55.5 Å². The number of hydrogen-bond donors (Lipinski definition) is 2. The maximum atomic E-state index is 5.72. The summed E-state index contributed by atoms with van der Waals surface area (Å²) in [4.78, 5) is 15.4. The van der Waals surface area contributed by atoms with Crippen molar-refractivity contribution >= 4 is 16.9 Å². The van der Waals surface area contributed by atoms with Crippen molar-refractivity contribution in [2.24, 2.45) is 11.8 Å². The molecule has 4 aliphatic rings. The average molecular weight is 402 g/mol. The first kappa shape index (κ1) is 17.3. The Morgan fingerprint density at radius 2 is 1.90 bits per heavy atom. The minimum Gasteiger partial charge on any atom is -0.381 e. The molecule has 1 unspecified atom stereocenters. The van der Waals surface area contributed by atoms with Gasteiger partial charge >= 0.3 is 0 Å². The number of rotatable bonds is 4. The van der Waals surface area contributed by atoms with Crippen LogP contribution in [-0.4, -0.2) is 52.2 Å². The molecule has 0 bridgehead atoms. The number of anilines is 1. The third-order valence-electron chi connectivity index (χ3n) is 7.70. The summed E-state index contributed by atoms with van der Waals surface area (Å²) < 4.78 is 5.72. The summed E-state index contributed by atoms with van der Waals surface area (Å²) in [5, 5.41) is 4.98. The van der Waals surface area contributed by atoms with Crippen LogP contribution in [0.1, 0.15) is 41.6 Å². The van der Waals surface area contributed by atoms with E-state index in [0.717, 1.165) is 49.6 Å². The number of aromatic nitrogens is 3. The Morgan fingerprint density at radius 1 is 1.07 bits per heavy atom. The highest BCUT2D eigenvalue weighted by Crippen LogP contribution is 2.43. The van der Waals surface area contributed by atoms with Crippen LogP contribution in [0.4, 0.5) is 5.82 Å². The molecule has 0 radical (unpaired) electrons. The Balaban J connectivity index is 1.24. The van der Waals surface area contributed by atoms with Crippen LogP contribution < -0.4 is 5.32 Å². The summed E-state index contributed by atoms with van der Waals surface area (Å²) in [5.74, 6) is 3.03. The quantitative estimate of drug-likeness (QED) is 0.701. The number of nitrogens with one attached hydrogen (secondary N) is 2. The van der Waals surface area contributed by atoms with Gasteiger partial charge < -0.3 is 15.0 Å². The zero-order valence-corrected chi connectivity index (χ0v) is 17.1. The molecule has 1 saturated carbocycles. The van der Waals surface area contributed by atoms with E-state index in [1.54, 1.807) is 6.33 Å². The first-order chi connectivity index (χ1) is 14.8. The molecule has 2 aliphatic heterocycles. The number of ether oxygens (including phenoxy) is 1. The summed E-state index contributed by atoms with van der Waals surface area (Å²) in [6.07, 6.45) is 5.35. The SMILES string of the molecule is c1ccc2c(c1)C[C@H](N1CC3COC[C@H]3C1)[C@H]2Nc1ncnc2[nH]c(C3CC3)cc12. The molecule has 4 atom stereocenters. The molecule has 30 heavy (non-hydrogen) atoms. The van der Waals surface area contributed by atoms with Crippen molar-refractivity contribution in [1.29, 1.82) is 0 Å². The Kier molecular flexibility index (Phi) is 3.76. The molecule has 0 amide bonds. The van der Waals surface area contributed by atoms with Crippen LogP contribution >= 0.6 is 0 Å². The molecule has 3 aromatic rings. The maximum Gasteiger partial charge on any atom is 0.143 e. The third-order valence-corrected chi connectivity index (χ3v) is 7.70. The van der Waals surface area contributed by atoms with Crippen LogP contribution in [0.3, 0.4) is 0 Å². The van der Waals surface area contributed by atoms with Crippen molar-refractivity contribution in [1.82, 2.24) is 19.9 Å². The van der Waals surface area contributed by atoms with Crippen molar-refractivity contribution in [3.8, 4) is 0 Å². The van der Waals surface area contributed by atoms with Crippen LogP contribution in [0.2, 0.25) is 0 Å². The topological polar surface area (TPSA) is 66.1 Å². The molecule has 1 aromatic carbocycles. The molecule has 2 N–H and O–H groups in total. The molecule has 7 rings (SSSR count). The number of hydrogen-bond acceptors (Lipinski definition) is 5. The zero-order chi connectivity index (χ0) is 19.7. The van der Waals surface area contributed by atoms with Gasteiger partial charge in [-0.2, -0.15) is 0 Å². The van der Waals surface area contributed by atoms with E-state index in [1.807, 2.05) is 0 Å². The Hall–Kier alpha value is -2.44. The van der Waals surface area contributed by atoms with Gasteiger partial charge in [-0.05, 0) is 42.4 Å². The molecular weight excluding hydrogens is 374 g/mol. The number of aromatic amines is 1. The first-order valence-electron chi connectivity index (χ1n) is 11.3. The summed E-state index contributed by atoms with van der Waals surface area (Å²) in [7, 11) is 0. The summed E-state index contributed by atoms with van der Waals surface area (Å²) >= 11 is 0. The fraction of sp³-hybridized carbons (Fsp3) is 0.500. The highest BCUT2D eigenvalue weighted by molar-refractivity contribution is 5.88. The van der Waals surface area contributed by atoms with Crippen LogP contribution in [0.25, 0.3) is 11.0 Å². The molecular formula is C24H27N5O. The van der Waals surface area contributed by atoms with E-state index >= 15 is 0 Å². The second-order valence-corrected chi connectivity index (χ2v) is 9.59. The largest absolute Gasteiger partial charge is 0.381 e. The maximum absolute atomic E-state index is 5.72. The van der Waals surface area contributed by atoms with Crippen molar-refractivity contribution in [2.75, 3.05) is 31.6 Å². The predicted octanol–water partition coefficient (Wildman–Crippen LogP) is 3.49. The summed E-state index contributed by atoms with van der Waals surface area (Å²) in [5.41, 5.74) is 5.14. The molecule has 154 valence electrons. The smallest absolute Gasteiger partial charge is 0.143 e. The number of nitrogens with zero attached hydrogens (tertiary/aromatic N) is 3. The minimum atomic E-state index is 0.248. The fourth-order valence-electron chi connectivity index (χ4n) is 5.92. The first-order valence-corrected chi connectivity index (χ1v) is 11.3. The van der Waals surface area contributed by atoms with Crippen molar-refractivity contribution in [2.45, 2.75) is 37.3 Å². The van der Waals surface area contributed by atoms with E-state index in [0.29, 0.717) is 23.8 Å². The van der Waals surface area contributed by atoms with E-state index < -0.39 is 0 Å². The average Bonchev–Trinajstić information content (AvgIpc) is 3.09. The number of H-pyrrole nitrogens is 1. The summed E-state index contributed by atoms with van der Waals surface area (Å²) in [6.45, 7) is 4.16. The van der Waals surface area contributed by atoms with Crippen LogP contribution in [0.15, 0.2) is 36.7 Å². The lowest BCUT2D eigenvalue weighted by Gasteiger charge is -2.31. The van der Waals surface area contributed by atoms with Gasteiger partial charge in [-0.25, -0.2) is 9.97 Å². The van der Waals surface area contributed by atoms with Crippen molar-refractivity contribution in [3.63, 3.8) is 0 Å². The normalized spacial score (nSPS) is 30.7. The molecule has 2 aromatic heterocycles. The molecule has 2 saturated heterocycles. The van der Waals surface area contributed by atoms with Gasteiger partial charge in [-0.3, -0.25) is 4.90 Å². The van der Waals surface area contributed by atoms with Gasteiger partial charge in [0.1, 0.15) is 17.8 Å². The lowest BCUT2D eigenvalue weighted by molar-refractivity contribution is 0.136. The molecule has 6 nitrogen and oxygen atoms in total. The highest BCUT2D eigenvalue weighted by atomic mass is 16.5. The van der Waals surface area contributed by atoms with E-state index in [4.69, 9.17) is 4.74 Å². The standard InChI is InChI=1S/C24H27N5O/c1-2-4-18-15(3-1)7-21(29-9-16-11-30-12-17(16)10-29)22(18)28-24-19-8-20(14-5-6-14)27-23(19)25-13-26-24/h1-4,8,13-14,16-17,21-22H,5-7,9-12H2,(H2,25,26,27,28)/t16-,17?,21+,22+/m1/s1. The highest BCUT2D eigenvalue weighted by Gasteiger charge is 2.44. The predicted molar refractivity (Wildman–Crippen MR) is 116 cm³/mol. The molecule has 3 fully saturated rings. The van der Waals surface area contributed by atoms with E-state index in [-0.39, 0.29) is 6.04 Å². The monoisotopic (exact) mass is 401 g/mol. The Morgan fingerprint density at radius 3 is 2.73 bits per heavy atom. The van der Waals surface area contributed by atoms with Crippen molar-refractivity contribution in [3.05, 3.63) is 53.5 Å². The van der Waals surface area contributed by atoms with E-state index in [9.17, 15) is 0 Å². The van der Waals surface area contributed by atoms with Crippen LogP contribution in [-0.2, 0) is 11.2 Å². The van der Waals surface area contributed by atoms with E-state index in [1.165, 1.54) is 29.7 Å². The number of likely N-dealkylation sites (tertiary alicyclic amines) is 1. The van der Waals surface area contributed by atoms with Gasteiger partial charge in [0.25, 0.3) is 0 Å². The lowest BCUT2D eigenvalue weighted by atomic mass is 10.0. The molecule has 6 heteroatoms. The summed E-state index contributed by atoms with van der Waals surface area (Å²) in [6, 6.07) is 11.9.